The van der Waals surface area contributed by atoms with Crippen LogP contribution in [0, 0.1) is 19.7 Å². The molecule has 2 aromatic carbocycles. The topological polar surface area (TPSA) is 70.1 Å². The van der Waals surface area contributed by atoms with Gasteiger partial charge in [0.2, 0.25) is 5.91 Å². The minimum absolute atomic E-state index is 0.140. The number of pyridine rings is 1. The zero-order valence-corrected chi connectivity index (χ0v) is 22.4. The van der Waals surface area contributed by atoms with E-state index in [-0.39, 0.29) is 11.7 Å². The van der Waals surface area contributed by atoms with Crippen molar-refractivity contribution in [3.63, 3.8) is 0 Å². The van der Waals surface area contributed by atoms with Gasteiger partial charge in [-0.15, -0.1) is 0 Å². The molecule has 0 aliphatic carbocycles. The number of nitrogens with zero attached hydrogens (tertiary/aromatic N) is 5. The Labute approximate surface area is 226 Å². The number of aromatic amines is 1. The molecule has 4 heterocycles. The molecule has 0 atom stereocenters. The van der Waals surface area contributed by atoms with Crippen molar-refractivity contribution in [2.75, 3.05) is 31.1 Å². The van der Waals surface area contributed by atoms with Crippen LogP contribution < -0.4 is 4.90 Å². The van der Waals surface area contributed by atoms with Crippen molar-refractivity contribution in [1.29, 1.82) is 0 Å². The highest BCUT2D eigenvalue weighted by Gasteiger charge is 2.20. The summed E-state index contributed by atoms with van der Waals surface area (Å²) in [6, 6.07) is 17.4. The summed E-state index contributed by atoms with van der Waals surface area (Å²) in [6.45, 7) is 9.39. The average molecular weight is 523 g/mol. The Morgan fingerprint density at radius 2 is 1.77 bits per heavy atom. The minimum Gasteiger partial charge on any atom is -0.368 e. The van der Waals surface area contributed by atoms with E-state index in [0.29, 0.717) is 6.54 Å². The molecule has 0 bridgehead atoms. The largest absolute Gasteiger partial charge is 0.368 e. The first-order chi connectivity index (χ1) is 18.9. The number of rotatable bonds is 5. The molecule has 198 valence electrons. The third-order valence-corrected chi connectivity index (χ3v) is 7.69. The third-order valence-electron chi connectivity index (χ3n) is 7.69. The van der Waals surface area contributed by atoms with Crippen LogP contribution in [0.1, 0.15) is 23.9 Å². The van der Waals surface area contributed by atoms with Gasteiger partial charge in [0, 0.05) is 79.0 Å². The molecule has 1 aliphatic heterocycles. The van der Waals surface area contributed by atoms with E-state index in [2.05, 4.69) is 47.1 Å². The lowest BCUT2D eigenvalue weighted by molar-refractivity contribution is -0.129. The Kier molecular flexibility index (Phi) is 6.38. The van der Waals surface area contributed by atoms with Crippen LogP contribution >= 0.6 is 0 Å². The Morgan fingerprint density at radius 1 is 1.00 bits per heavy atom. The predicted molar refractivity (Wildman–Crippen MR) is 152 cm³/mol. The van der Waals surface area contributed by atoms with Gasteiger partial charge in [-0.2, -0.15) is 5.10 Å². The monoisotopic (exact) mass is 522 g/mol. The van der Waals surface area contributed by atoms with Gasteiger partial charge < -0.3 is 14.8 Å². The van der Waals surface area contributed by atoms with Crippen LogP contribution in [-0.4, -0.2) is 56.7 Å². The number of hydrogen-bond donors (Lipinski definition) is 1. The van der Waals surface area contributed by atoms with Gasteiger partial charge in [-0.1, -0.05) is 24.3 Å². The van der Waals surface area contributed by atoms with E-state index in [1.54, 1.807) is 19.1 Å². The first-order valence-electron chi connectivity index (χ1n) is 13.2. The molecule has 0 spiro atoms. The summed E-state index contributed by atoms with van der Waals surface area (Å²) < 4.78 is 15.7. The molecular weight excluding hydrogens is 491 g/mol. The van der Waals surface area contributed by atoms with Crippen LogP contribution in [0.25, 0.3) is 33.3 Å². The highest BCUT2D eigenvalue weighted by molar-refractivity contribution is 5.97. The summed E-state index contributed by atoms with van der Waals surface area (Å²) in [7, 11) is 0. The summed E-state index contributed by atoms with van der Waals surface area (Å²) >= 11 is 0. The molecule has 1 N–H and O–H groups in total. The lowest BCUT2D eigenvalue weighted by Gasteiger charge is -2.35. The molecule has 1 fully saturated rings. The van der Waals surface area contributed by atoms with Gasteiger partial charge in [0.25, 0.3) is 0 Å². The zero-order valence-electron chi connectivity index (χ0n) is 22.4. The minimum atomic E-state index is -0.243. The van der Waals surface area contributed by atoms with E-state index >= 15 is 0 Å². The van der Waals surface area contributed by atoms with Crippen molar-refractivity contribution < 1.29 is 9.18 Å². The molecule has 3 aromatic heterocycles. The fraction of sp³-hybridized carbons (Fsp3) is 0.258. The lowest BCUT2D eigenvalue weighted by Crippen LogP contribution is -2.48. The smallest absolute Gasteiger partial charge is 0.219 e. The quantitative estimate of drug-likeness (QED) is 0.328. The number of H-pyrrole nitrogens is 1. The molecule has 5 aromatic rings. The number of piperazine rings is 1. The number of fused-ring (bicyclic) bond motifs is 1. The van der Waals surface area contributed by atoms with Crippen molar-refractivity contribution in [2.45, 2.75) is 27.3 Å². The van der Waals surface area contributed by atoms with E-state index in [9.17, 15) is 9.18 Å². The summed E-state index contributed by atoms with van der Waals surface area (Å²) in [6.07, 6.45) is 3.89. The fourth-order valence-corrected chi connectivity index (χ4v) is 5.56. The number of aryl methyl sites for hydroxylation is 1. The Balaban J connectivity index is 1.28. The second kappa shape index (κ2) is 10.0. The lowest BCUT2D eigenvalue weighted by atomic mass is 10.0. The van der Waals surface area contributed by atoms with E-state index in [1.807, 2.05) is 35.0 Å². The Bertz CT molecular complexity index is 1660. The average Bonchev–Trinajstić information content (AvgIpc) is 3.47. The maximum atomic E-state index is 13.7. The number of hydrogen-bond acceptors (Lipinski definition) is 4. The van der Waals surface area contributed by atoms with Crippen LogP contribution in [0.4, 0.5) is 10.1 Å². The predicted octanol–water partition coefficient (Wildman–Crippen LogP) is 5.57. The summed E-state index contributed by atoms with van der Waals surface area (Å²) in [5.41, 5.74) is 9.06. The van der Waals surface area contributed by atoms with Gasteiger partial charge in [-0.3, -0.25) is 9.48 Å². The van der Waals surface area contributed by atoms with Crippen LogP contribution in [0.5, 0.6) is 0 Å². The van der Waals surface area contributed by atoms with Crippen LogP contribution in [0.15, 0.2) is 67.0 Å². The molecule has 0 unspecified atom stereocenters. The highest BCUT2D eigenvalue weighted by Crippen LogP contribution is 2.35. The van der Waals surface area contributed by atoms with Crippen molar-refractivity contribution in [3.05, 3.63) is 89.8 Å². The number of halogens is 1. The van der Waals surface area contributed by atoms with E-state index < -0.39 is 0 Å². The van der Waals surface area contributed by atoms with Crippen molar-refractivity contribution in [1.82, 2.24) is 24.6 Å². The molecule has 8 heteroatoms. The number of benzene rings is 2. The highest BCUT2D eigenvalue weighted by atomic mass is 19.1. The Morgan fingerprint density at radius 3 is 2.49 bits per heavy atom. The number of amides is 1. The van der Waals surface area contributed by atoms with Gasteiger partial charge in [0.1, 0.15) is 11.5 Å². The van der Waals surface area contributed by atoms with Crippen molar-refractivity contribution in [3.8, 4) is 22.3 Å². The van der Waals surface area contributed by atoms with Gasteiger partial charge in [-0.05, 0) is 55.3 Å². The SMILES string of the molecule is CC(=O)N1CCN(c2ccc(-c3cnc4[nH]cc(-c5c(C)nn(Cc6cccc(F)c6)c5C)c4c3)cc2)CC1. The van der Waals surface area contributed by atoms with Crippen LogP contribution in [0.3, 0.4) is 0 Å². The molecular formula is C31H31FN6O. The van der Waals surface area contributed by atoms with E-state index in [4.69, 9.17) is 10.1 Å². The molecule has 7 nitrogen and oxygen atoms in total. The maximum absolute atomic E-state index is 13.7. The summed E-state index contributed by atoms with van der Waals surface area (Å²) in [5, 5.41) is 5.82. The summed E-state index contributed by atoms with van der Waals surface area (Å²) in [4.78, 5) is 23.9. The number of anilines is 1. The normalized spacial score (nSPS) is 13.8. The first kappa shape index (κ1) is 24.9. The third kappa shape index (κ3) is 4.78. The molecule has 1 amide bonds. The number of carbonyl (C=O) groups excluding carboxylic acids is 1. The number of carbonyl (C=O) groups is 1. The molecule has 0 saturated carbocycles. The Hall–Kier alpha value is -4.46. The van der Waals surface area contributed by atoms with Gasteiger partial charge >= 0.3 is 0 Å². The number of nitrogens with one attached hydrogen (secondary N) is 1. The van der Waals surface area contributed by atoms with Crippen LogP contribution in [0.2, 0.25) is 0 Å². The maximum Gasteiger partial charge on any atom is 0.219 e. The van der Waals surface area contributed by atoms with Crippen molar-refractivity contribution in [2.24, 2.45) is 0 Å². The molecule has 1 saturated heterocycles. The molecule has 6 rings (SSSR count). The van der Waals surface area contributed by atoms with Gasteiger partial charge in [0.15, 0.2) is 0 Å². The van der Waals surface area contributed by atoms with E-state index in [0.717, 1.165) is 82.1 Å². The second-order valence-corrected chi connectivity index (χ2v) is 10.2. The molecule has 1 aliphatic rings. The molecule has 39 heavy (non-hydrogen) atoms. The summed E-state index contributed by atoms with van der Waals surface area (Å²) in [5.74, 6) is -0.102. The first-order valence-corrected chi connectivity index (χ1v) is 13.2. The zero-order chi connectivity index (χ0) is 27.1. The van der Waals surface area contributed by atoms with Gasteiger partial charge in [-0.25, -0.2) is 9.37 Å². The van der Waals surface area contributed by atoms with Crippen molar-refractivity contribution >= 4 is 22.6 Å². The standard InChI is InChI=1S/C31H31FN6O/c1-20-30(21(2)38(35-20)19-23-5-4-6-26(32)15-23)29-18-34-31-28(29)16-25(17-33-31)24-7-9-27(10-8-24)37-13-11-36(12-14-37)22(3)39/h4-10,15-18H,11-14,19H2,1-3H3,(H,33,34). The van der Waals surface area contributed by atoms with E-state index in [1.165, 1.54) is 6.07 Å². The fourth-order valence-electron chi connectivity index (χ4n) is 5.56. The van der Waals surface area contributed by atoms with Crippen LogP contribution in [-0.2, 0) is 11.3 Å². The molecule has 0 radical (unpaired) electrons. The number of aromatic nitrogens is 4. The van der Waals surface area contributed by atoms with Gasteiger partial charge in [0.05, 0.1) is 12.2 Å². The second-order valence-electron chi connectivity index (χ2n) is 10.2.